The second kappa shape index (κ2) is 9.41. The van der Waals surface area contributed by atoms with E-state index >= 15 is 0 Å². The summed E-state index contributed by atoms with van der Waals surface area (Å²) in [6.07, 6.45) is -0.301. The van der Waals surface area contributed by atoms with Crippen molar-refractivity contribution in [3.63, 3.8) is 0 Å². The third-order valence-corrected chi connectivity index (χ3v) is 5.84. The van der Waals surface area contributed by atoms with Gasteiger partial charge in [0.2, 0.25) is 11.2 Å². The highest BCUT2D eigenvalue weighted by Crippen LogP contribution is 2.46. The largest absolute Gasteiger partial charge is 0.507 e. The number of benzene rings is 3. The van der Waals surface area contributed by atoms with Crippen LogP contribution < -0.4 is 10.2 Å². The van der Waals surface area contributed by atoms with Crippen molar-refractivity contribution in [2.75, 3.05) is 14.2 Å². The van der Waals surface area contributed by atoms with E-state index in [0.717, 1.165) is 18.2 Å². The molecule has 1 unspecified atom stereocenters. The molecule has 0 spiro atoms. The van der Waals surface area contributed by atoms with Gasteiger partial charge >= 0.3 is 5.97 Å². The lowest BCUT2D eigenvalue weighted by Gasteiger charge is -2.22. The van der Waals surface area contributed by atoms with Crippen LogP contribution in [0.3, 0.4) is 0 Å². The van der Waals surface area contributed by atoms with Crippen LogP contribution in [0.4, 0.5) is 0 Å². The Morgan fingerprint density at radius 3 is 2.31 bits per heavy atom. The number of hydrogen-bond acceptors (Lipinski definition) is 10. The summed E-state index contributed by atoms with van der Waals surface area (Å²) in [7, 11) is 2.63. The molecule has 1 aromatic heterocycles. The van der Waals surface area contributed by atoms with Crippen LogP contribution in [0.1, 0.15) is 23.5 Å². The number of fused-ring (bicyclic) bond motifs is 1. The van der Waals surface area contributed by atoms with Gasteiger partial charge in [0.15, 0.2) is 17.3 Å². The standard InChI is InChI=1S/C26H22O10/c1-34-19-6-4-3-5-13(19)14(10-20(31)35-2)21-17(29)11-18(30)22-23(32)24(33)25(36-26(21)22)12-7-8-15(27)16(28)9-12/h3-9,11,14,27-30,33H,10H2,1-2H3. The van der Waals surface area contributed by atoms with Gasteiger partial charge in [-0.2, -0.15) is 0 Å². The maximum atomic E-state index is 13.1. The summed E-state index contributed by atoms with van der Waals surface area (Å²) in [5.41, 5.74) is -0.893. The van der Waals surface area contributed by atoms with Crippen molar-refractivity contribution in [3.05, 3.63) is 69.9 Å². The molecule has 0 saturated heterocycles. The van der Waals surface area contributed by atoms with Crippen LogP contribution in [0.25, 0.3) is 22.3 Å². The van der Waals surface area contributed by atoms with Crippen LogP contribution >= 0.6 is 0 Å². The van der Waals surface area contributed by atoms with E-state index in [1.165, 1.54) is 20.3 Å². The first kappa shape index (κ1) is 24.3. The molecule has 0 aliphatic heterocycles. The van der Waals surface area contributed by atoms with Gasteiger partial charge in [0.1, 0.15) is 28.2 Å². The Labute approximate surface area is 203 Å². The Balaban J connectivity index is 2.11. The van der Waals surface area contributed by atoms with E-state index < -0.39 is 57.2 Å². The number of para-hydroxylation sites is 1. The Bertz CT molecular complexity index is 1540. The highest BCUT2D eigenvalue weighted by atomic mass is 16.5. The van der Waals surface area contributed by atoms with Gasteiger partial charge in [-0.25, -0.2) is 0 Å². The molecule has 3 aromatic carbocycles. The minimum atomic E-state index is -1.02. The van der Waals surface area contributed by atoms with Crippen molar-refractivity contribution < 1.29 is 44.2 Å². The summed E-state index contributed by atoms with van der Waals surface area (Å²) in [5, 5.41) is 51.1. The summed E-state index contributed by atoms with van der Waals surface area (Å²) < 4.78 is 16.2. The van der Waals surface area contributed by atoms with E-state index in [2.05, 4.69) is 0 Å². The van der Waals surface area contributed by atoms with Crippen molar-refractivity contribution in [2.45, 2.75) is 12.3 Å². The van der Waals surface area contributed by atoms with E-state index in [1.54, 1.807) is 24.3 Å². The van der Waals surface area contributed by atoms with Gasteiger partial charge in [-0.15, -0.1) is 0 Å². The SMILES string of the molecule is COC(=O)CC(c1ccccc1OC)c1c(O)cc(O)c2c(=O)c(O)c(-c3ccc(O)c(O)c3)oc12. The van der Waals surface area contributed by atoms with Crippen LogP contribution in [-0.4, -0.2) is 45.7 Å². The van der Waals surface area contributed by atoms with Gasteiger partial charge in [-0.1, -0.05) is 18.2 Å². The molecule has 1 atom stereocenters. The van der Waals surface area contributed by atoms with Crippen LogP contribution in [0, 0.1) is 0 Å². The van der Waals surface area contributed by atoms with Crippen LogP contribution in [-0.2, 0) is 9.53 Å². The first-order chi connectivity index (χ1) is 17.2. The topological polar surface area (TPSA) is 167 Å². The number of carbonyl (C=O) groups excluding carboxylic acids is 1. The molecule has 5 N–H and O–H groups in total. The summed E-state index contributed by atoms with van der Waals surface area (Å²) in [6, 6.07) is 11.1. The predicted octanol–water partition coefficient (Wildman–Crippen LogP) is 3.69. The van der Waals surface area contributed by atoms with Crippen molar-refractivity contribution in [1.29, 1.82) is 0 Å². The molecule has 4 aromatic rings. The summed E-state index contributed by atoms with van der Waals surface area (Å²) >= 11 is 0. The van der Waals surface area contributed by atoms with Crippen molar-refractivity contribution in [2.24, 2.45) is 0 Å². The molecule has 0 saturated carbocycles. The number of ether oxygens (including phenoxy) is 2. The number of rotatable bonds is 6. The van der Waals surface area contributed by atoms with Crippen LogP contribution in [0.2, 0.25) is 0 Å². The highest BCUT2D eigenvalue weighted by Gasteiger charge is 2.31. The monoisotopic (exact) mass is 494 g/mol. The molecule has 10 heteroatoms. The minimum absolute atomic E-state index is 0.0254. The van der Waals surface area contributed by atoms with Gasteiger partial charge in [-0.3, -0.25) is 9.59 Å². The minimum Gasteiger partial charge on any atom is -0.507 e. The molecule has 0 aliphatic rings. The number of methoxy groups -OCH3 is 2. The van der Waals surface area contributed by atoms with Gasteiger partial charge < -0.3 is 39.4 Å². The van der Waals surface area contributed by atoms with Gasteiger partial charge in [-0.05, 0) is 24.3 Å². The zero-order chi connectivity index (χ0) is 26.1. The Morgan fingerprint density at radius 1 is 0.917 bits per heavy atom. The Kier molecular flexibility index (Phi) is 6.35. The lowest BCUT2D eigenvalue weighted by molar-refractivity contribution is -0.140. The van der Waals surface area contributed by atoms with E-state index in [1.807, 2.05) is 0 Å². The Hall–Kier alpha value is -4.86. The number of aromatic hydroxyl groups is 5. The third kappa shape index (κ3) is 4.09. The number of phenols is 4. The zero-order valence-electron chi connectivity index (χ0n) is 19.2. The second-order valence-corrected chi connectivity index (χ2v) is 7.92. The van der Waals surface area contributed by atoms with Crippen molar-refractivity contribution in [3.8, 4) is 45.8 Å². The fourth-order valence-corrected chi connectivity index (χ4v) is 4.11. The molecule has 0 bridgehead atoms. The summed E-state index contributed by atoms with van der Waals surface area (Å²) in [5.74, 6) is -4.64. The molecule has 36 heavy (non-hydrogen) atoms. The van der Waals surface area contributed by atoms with Crippen LogP contribution in [0.15, 0.2) is 57.7 Å². The van der Waals surface area contributed by atoms with E-state index in [0.29, 0.717) is 11.3 Å². The molecule has 0 fully saturated rings. The summed E-state index contributed by atoms with van der Waals surface area (Å²) in [4.78, 5) is 25.5. The molecular weight excluding hydrogens is 472 g/mol. The number of phenolic OH excluding ortho intramolecular Hbond substituents is 4. The van der Waals surface area contributed by atoms with Gasteiger partial charge in [0.05, 0.1) is 20.6 Å². The Morgan fingerprint density at radius 2 is 1.64 bits per heavy atom. The molecular formula is C26H22O10. The number of carbonyl (C=O) groups is 1. The molecule has 1 heterocycles. The fourth-order valence-electron chi connectivity index (χ4n) is 4.11. The normalized spacial score (nSPS) is 11.8. The van der Waals surface area contributed by atoms with E-state index in [4.69, 9.17) is 13.9 Å². The first-order valence-corrected chi connectivity index (χ1v) is 10.6. The fraction of sp³-hybridized carbons (Fsp3) is 0.154. The summed E-state index contributed by atoms with van der Waals surface area (Å²) in [6.45, 7) is 0. The zero-order valence-corrected chi connectivity index (χ0v) is 19.2. The van der Waals surface area contributed by atoms with Gasteiger partial charge in [0.25, 0.3) is 0 Å². The maximum Gasteiger partial charge on any atom is 0.306 e. The number of esters is 1. The predicted molar refractivity (Wildman–Crippen MR) is 128 cm³/mol. The second-order valence-electron chi connectivity index (χ2n) is 7.92. The lowest BCUT2D eigenvalue weighted by atomic mass is 9.85. The maximum absolute atomic E-state index is 13.1. The number of hydrogen-bond donors (Lipinski definition) is 5. The van der Waals surface area contributed by atoms with E-state index in [-0.39, 0.29) is 23.1 Å². The lowest BCUT2D eigenvalue weighted by Crippen LogP contribution is -2.13. The average Bonchev–Trinajstić information content (AvgIpc) is 2.86. The molecule has 186 valence electrons. The smallest absolute Gasteiger partial charge is 0.306 e. The molecule has 10 nitrogen and oxygen atoms in total. The molecule has 4 rings (SSSR count). The van der Waals surface area contributed by atoms with Crippen LogP contribution in [0.5, 0.6) is 34.5 Å². The van der Waals surface area contributed by atoms with E-state index in [9.17, 15) is 35.1 Å². The van der Waals surface area contributed by atoms with Gasteiger partial charge in [0, 0.05) is 28.7 Å². The molecule has 0 amide bonds. The molecule has 0 radical (unpaired) electrons. The third-order valence-electron chi connectivity index (χ3n) is 5.84. The van der Waals surface area contributed by atoms with Crippen molar-refractivity contribution >= 4 is 16.9 Å². The highest BCUT2D eigenvalue weighted by molar-refractivity contribution is 5.92. The quantitative estimate of drug-likeness (QED) is 0.197. The first-order valence-electron chi connectivity index (χ1n) is 10.6. The molecule has 0 aliphatic carbocycles. The average molecular weight is 494 g/mol. The van der Waals surface area contributed by atoms with Crippen molar-refractivity contribution in [1.82, 2.24) is 0 Å².